The molecule has 0 fully saturated rings. The lowest BCUT2D eigenvalue weighted by molar-refractivity contribution is 0.170. The number of anilines is 1. The number of hydrogen-bond acceptors (Lipinski definition) is 5. The normalized spacial score (nSPS) is 13.1. The molecule has 0 saturated carbocycles. The first-order valence-electron chi connectivity index (χ1n) is 9.89. The van der Waals surface area contributed by atoms with Gasteiger partial charge in [-0.05, 0) is 54.1 Å². The summed E-state index contributed by atoms with van der Waals surface area (Å²) >= 11 is 12.2. The van der Waals surface area contributed by atoms with Gasteiger partial charge in [-0.1, -0.05) is 37.0 Å². The van der Waals surface area contributed by atoms with E-state index in [-0.39, 0.29) is 33.5 Å². The maximum atomic E-state index is 14.8. The van der Waals surface area contributed by atoms with Crippen LogP contribution >= 0.6 is 23.2 Å². The van der Waals surface area contributed by atoms with E-state index in [9.17, 15) is 22.3 Å². The Bertz CT molecular complexity index is 1250. The number of benzene rings is 2. The lowest BCUT2D eigenvalue weighted by atomic mass is 9.95. The van der Waals surface area contributed by atoms with Crippen molar-refractivity contribution in [2.24, 2.45) is 5.41 Å². The van der Waals surface area contributed by atoms with Crippen molar-refractivity contribution in [3.05, 3.63) is 87.5 Å². The molecule has 2 N–H and O–H groups in total. The molecule has 1 unspecified atom stereocenters. The van der Waals surface area contributed by atoms with Crippen LogP contribution in [0.4, 0.5) is 14.6 Å². The zero-order valence-electron chi connectivity index (χ0n) is 17.8. The van der Waals surface area contributed by atoms with Crippen molar-refractivity contribution in [3.8, 4) is 0 Å². The molecule has 10 heteroatoms. The minimum absolute atomic E-state index is 0.0235. The van der Waals surface area contributed by atoms with Gasteiger partial charge in [-0.2, -0.15) is 0 Å². The van der Waals surface area contributed by atoms with E-state index >= 15 is 0 Å². The maximum absolute atomic E-state index is 14.8. The standard InChI is InChI=1S/C23H22Cl2F2N2O3S/c1-23(2,13-30)12-29-21-10-17(19(25)11-28-21)22(18-9-15(26)5-8-20(18)27)33(31,32)16-6-3-14(24)4-7-16/h3-11,22,30H,12-13H2,1-2H3,(H,28,29). The van der Waals surface area contributed by atoms with Crippen LogP contribution in [0.25, 0.3) is 0 Å². The highest BCUT2D eigenvalue weighted by Gasteiger charge is 2.35. The largest absolute Gasteiger partial charge is 0.396 e. The number of sulfone groups is 1. The highest BCUT2D eigenvalue weighted by Crippen LogP contribution is 2.40. The van der Waals surface area contributed by atoms with Gasteiger partial charge in [0.1, 0.15) is 22.7 Å². The van der Waals surface area contributed by atoms with E-state index in [0.29, 0.717) is 11.6 Å². The zero-order valence-corrected chi connectivity index (χ0v) is 20.1. The average molecular weight is 515 g/mol. The molecule has 3 aromatic rings. The van der Waals surface area contributed by atoms with Gasteiger partial charge >= 0.3 is 0 Å². The van der Waals surface area contributed by atoms with Crippen molar-refractivity contribution < 1.29 is 22.3 Å². The summed E-state index contributed by atoms with van der Waals surface area (Å²) in [5.74, 6) is -1.43. The monoisotopic (exact) mass is 514 g/mol. The van der Waals surface area contributed by atoms with E-state index in [4.69, 9.17) is 23.2 Å². The fourth-order valence-electron chi connectivity index (χ4n) is 3.12. The molecule has 33 heavy (non-hydrogen) atoms. The Labute approximate surface area is 201 Å². The van der Waals surface area contributed by atoms with Gasteiger partial charge in [0.2, 0.25) is 0 Å². The number of rotatable bonds is 8. The van der Waals surface area contributed by atoms with Crippen molar-refractivity contribution >= 4 is 38.9 Å². The lowest BCUT2D eigenvalue weighted by Crippen LogP contribution is -2.27. The van der Waals surface area contributed by atoms with E-state index < -0.39 is 32.1 Å². The molecule has 0 aliphatic carbocycles. The third kappa shape index (κ3) is 5.81. The Morgan fingerprint density at radius 3 is 2.36 bits per heavy atom. The molecule has 0 radical (unpaired) electrons. The molecule has 1 heterocycles. The molecule has 176 valence electrons. The smallest absolute Gasteiger partial charge is 0.189 e. The second kappa shape index (κ2) is 9.93. The molecule has 2 aromatic carbocycles. The van der Waals surface area contributed by atoms with Crippen molar-refractivity contribution in [1.29, 1.82) is 0 Å². The number of nitrogens with zero attached hydrogens (tertiary/aromatic N) is 1. The van der Waals surface area contributed by atoms with Gasteiger partial charge < -0.3 is 10.4 Å². The van der Waals surface area contributed by atoms with Crippen LogP contribution in [-0.4, -0.2) is 31.7 Å². The first-order valence-corrected chi connectivity index (χ1v) is 12.2. The van der Waals surface area contributed by atoms with Gasteiger partial charge in [0.15, 0.2) is 9.84 Å². The summed E-state index contributed by atoms with van der Waals surface area (Å²) in [5, 5.41) is 11.1. The van der Waals surface area contributed by atoms with Crippen LogP contribution < -0.4 is 5.32 Å². The summed E-state index contributed by atoms with van der Waals surface area (Å²) in [6.45, 7) is 3.88. The molecular weight excluding hydrogens is 493 g/mol. The number of aromatic nitrogens is 1. The number of nitrogens with one attached hydrogen (secondary N) is 1. The highest BCUT2D eigenvalue weighted by molar-refractivity contribution is 7.92. The Morgan fingerprint density at radius 1 is 1.06 bits per heavy atom. The second-order valence-electron chi connectivity index (χ2n) is 8.31. The van der Waals surface area contributed by atoms with Crippen molar-refractivity contribution in [1.82, 2.24) is 4.98 Å². The second-order valence-corrected chi connectivity index (χ2v) is 11.2. The molecule has 0 bridgehead atoms. The van der Waals surface area contributed by atoms with Gasteiger partial charge in [-0.15, -0.1) is 0 Å². The number of aliphatic hydroxyl groups excluding tert-OH is 1. The summed E-state index contributed by atoms with van der Waals surface area (Å²) in [7, 11) is -4.30. The van der Waals surface area contributed by atoms with E-state index in [0.717, 1.165) is 18.2 Å². The molecule has 0 aliphatic rings. The van der Waals surface area contributed by atoms with Crippen molar-refractivity contribution in [3.63, 3.8) is 0 Å². The van der Waals surface area contributed by atoms with Crippen LogP contribution in [-0.2, 0) is 9.84 Å². The fraction of sp³-hybridized carbons (Fsp3) is 0.261. The topological polar surface area (TPSA) is 79.3 Å². The number of hydrogen-bond donors (Lipinski definition) is 2. The first-order chi connectivity index (χ1) is 15.4. The predicted octanol–water partition coefficient (Wildman–Crippen LogP) is 5.66. The van der Waals surface area contributed by atoms with Crippen LogP contribution in [0.2, 0.25) is 10.0 Å². The Kier molecular flexibility index (Phi) is 7.63. The van der Waals surface area contributed by atoms with E-state index in [2.05, 4.69) is 10.3 Å². The van der Waals surface area contributed by atoms with E-state index in [1.54, 1.807) is 0 Å². The van der Waals surface area contributed by atoms with Crippen LogP contribution in [0.3, 0.4) is 0 Å². The molecule has 0 spiro atoms. The fourth-order valence-corrected chi connectivity index (χ4v) is 5.35. The maximum Gasteiger partial charge on any atom is 0.189 e. The minimum atomic E-state index is -4.30. The van der Waals surface area contributed by atoms with Crippen LogP contribution in [0, 0.1) is 17.0 Å². The Morgan fingerprint density at radius 2 is 1.73 bits per heavy atom. The molecule has 0 saturated heterocycles. The van der Waals surface area contributed by atoms with Gasteiger partial charge in [-0.3, -0.25) is 0 Å². The minimum Gasteiger partial charge on any atom is -0.396 e. The molecule has 5 nitrogen and oxygen atoms in total. The third-order valence-corrected chi connectivity index (χ3v) is 7.66. The Hall–Kier alpha value is -2.26. The zero-order chi connectivity index (χ0) is 24.4. The quantitative estimate of drug-likeness (QED) is 0.405. The Balaban J connectivity index is 2.19. The number of aliphatic hydroxyl groups is 1. The van der Waals surface area contributed by atoms with Crippen LogP contribution in [0.5, 0.6) is 0 Å². The summed E-state index contributed by atoms with van der Waals surface area (Å²) in [6.07, 6.45) is 1.24. The van der Waals surface area contributed by atoms with Crippen molar-refractivity contribution in [2.45, 2.75) is 24.0 Å². The summed E-state index contributed by atoms with van der Waals surface area (Å²) in [4.78, 5) is 4.02. The van der Waals surface area contributed by atoms with E-state index in [1.165, 1.54) is 36.5 Å². The first kappa shape index (κ1) is 25.4. The van der Waals surface area contributed by atoms with Crippen LogP contribution in [0.1, 0.15) is 30.2 Å². The lowest BCUT2D eigenvalue weighted by Gasteiger charge is -2.24. The molecule has 0 aliphatic heterocycles. The summed E-state index contributed by atoms with van der Waals surface area (Å²) < 4.78 is 56.3. The average Bonchev–Trinajstić information content (AvgIpc) is 2.77. The number of pyridine rings is 1. The third-order valence-electron chi connectivity index (χ3n) is 5.04. The molecule has 0 amide bonds. The predicted molar refractivity (Wildman–Crippen MR) is 125 cm³/mol. The van der Waals surface area contributed by atoms with Gasteiger partial charge in [-0.25, -0.2) is 22.2 Å². The van der Waals surface area contributed by atoms with Gasteiger partial charge in [0.25, 0.3) is 0 Å². The number of halogens is 4. The van der Waals surface area contributed by atoms with Gasteiger partial charge in [0.05, 0.1) is 9.92 Å². The highest BCUT2D eigenvalue weighted by atomic mass is 35.5. The van der Waals surface area contributed by atoms with Gasteiger partial charge in [0, 0.05) is 35.3 Å². The molecule has 1 aromatic heterocycles. The molecular formula is C23H22Cl2F2N2O3S. The van der Waals surface area contributed by atoms with E-state index in [1.807, 2.05) is 13.8 Å². The summed E-state index contributed by atoms with van der Waals surface area (Å²) in [5.41, 5.74) is -0.847. The van der Waals surface area contributed by atoms with Crippen LogP contribution in [0.15, 0.2) is 59.6 Å². The molecule has 1 atom stereocenters. The SMILES string of the molecule is CC(C)(CO)CNc1cc(C(c2cc(F)ccc2F)S(=O)(=O)c2ccc(Cl)cc2)c(Cl)cn1. The van der Waals surface area contributed by atoms with Crippen molar-refractivity contribution in [2.75, 3.05) is 18.5 Å². The summed E-state index contributed by atoms with van der Waals surface area (Å²) in [6, 6.07) is 9.37. The molecule has 3 rings (SSSR count).